The number of aromatic nitrogens is 2. The summed E-state index contributed by atoms with van der Waals surface area (Å²) in [6.07, 6.45) is 4.51. The Balaban J connectivity index is 1.55. The highest BCUT2D eigenvalue weighted by Gasteiger charge is 2.29. The fraction of sp³-hybridized carbons (Fsp3) is 0.474. The number of nitrogens with zero attached hydrogens (tertiary/aromatic N) is 3. The molecule has 1 aliphatic heterocycles. The maximum atomic E-state index is 12.7. The van der Waals surface area contributed by atoms with Crippen molar-refractivity contribution in [2.75, 3.05) is 20.2 Å². The number of carbonyl (C=O) groups excluding carboxylic acids is 1. The van der Waals surface area contributed by atoms with Crippen LogP contribution in [-0.2, 0) is 27.9 Å². The fourth-order valence-electron chi connectivity index (χ4n) is 3.08. The Labute approximate surface area is 165 Å². The van der Waals surface area contributed by atoms with Gasteiger partial charge in [0.15, 0.2) is 5.03 Å². The molecule has 1 aromatic heterocycles. The van der Waals surface area contributed by atoms with Gasteiger partial charge < -0.3 is 14.6 Å². The minimum atomic E-state index is -3.60. The third-order valence-electron chi connectivity index (χ3n) is 4.93. The molecule has 8 nitrogen and oxygen atoms in total. The molecule has 1 N–H and O–H groups in total. The van der Waals surface area contributed by atoms with Crippen LogP contribution in [0.4, 0.5) is 0 Å². The van der Waals surface area contributed by atoms with Crippen LogP contribution in [0.1, 0.15) is 25.3 Å². The molecule has 0 atom stereocenters. The Morgan fingerprint density at radius 3 is 2.57 bits per heavy atom. The van der Waals surface area contributed by atoms with Gasteiger partial charge in [-0.3, -0.25) is 4.79 Å². The van der Waals surface area contributed by atoms with Crippen molar-refractivity contribution in [3.05, 3.63) is 42.4 Å². The van der Waals surface area contributed by atoms with Gasteiger partial charge in [0, 0.05) is 25.8 Å². The predicted molar refractivity (Wildman–Crippen MR) is 104 cm³/mol. The second-order valence-electron chi connectivity index (χ2n) is 7.10. The first kappa shape index (κ1) is 20.3. The zero-order valence-electron chi connectivity index (χ0n) is 16.2. The molecule has 0 spiro atoms. The summed E-state index contributed by atoms with van der Waals surface area (Å²) < 4.78 is 33.5. The Morgan fingerprint density at radius 2 is 1.93 bits per heavy atom. The molecule has 1 aliphatic rings. The lowest BCUT2D eigenvalue weighted by atomic mass is 10.0. The van der Waals surface area contributed by atoms with E-state index < -0.39 is 10.0 Å². The van der Waals surface area contributed by atoms with Crippen molar-refractivity contribution in [1.29, 1.82) is 0 Å². The molecule has 0 radical (unpaired) electrons. The smallest absolute Gasteiger partial charge is 0.262 e. The number of piperidine rings is 1. The molecule has 1 amide bonds. The van der Waals surface area contributed by atoms with E-state index in [1.54, 1.807) is 7.11 Å². The number of carbonyl (C=O) groups is 1. The normalized spacial score (nSPS) is 16.1. The minimum Gasteiger partial charge on any atom is -0.497 e. The fourth-order valence-corrected chi connectivity index (χ4v) is 4.49. The van der Waals surface area contributed by atoms with E-state index in [1.165, 1.54) is 21.4 Å². The molecular weight excluding hydrogens is 380 g/mol. The standard InChI is InChI=1S/C19H26N4O4S/c1-15-7-9-23(10-8-15)28(25,26)19-13-22(14-21-19)12-18(24)20-11-16-3-5-17(27-2)6-4-16/h3-6,13-15H,7-12H2,1-2H3,(H,20,24). The van der Waals surface area contributed by atoms with Crippen LogP contribution < -0.4 is 10.1 Å². The van der Waals surface area contributed by atoms with E-state index in [2.05, 4.69) is 17.2 Å². The summed E-state index contributed by atoms with van der Waals surface area (Å²) in [5.74, 6) is 1.08. The van der Waals surface area contributed by atoms with Crippen molar-refractivity contribution in [2.24, 2.45) is 5.92 Å². The van der Waals surface area contributed by atoms with Crippen LogP contribution in [0.5, 0.6) is 5.75 Å². The van der Waals surface area contributed by atoms with Gasteiger partial charge in [0.2, 0.25) is 5.91 Å². The van der Waals surface area contributed by atoms with E-state index in [9.17, 15) is 13.2 Å². The van der Waals surface area contributed by atoms with Gasteiger partial charge in [-0.25, -0.2) is 13.4 Å². The van der Waals surface area contributed by atoms with Crippen molar-refractivity contribution in [3.8, 4) is 5.75 Å². The topological polar surface area (TPSA) is 93.5 Å². The van der Waals surface area contributed by atoms with Crippen molar-refractivity contribution in [3.63, 3.8) is 0 Å². The highest BCUT2D eigenvalue weighted by atomic mass is 32.2. The van der Waals surface area contributed by atoms with Gasteiger partial charge in [-0.2, -0.15) is 4.31 Å². The van der Waals surface area contributed by atoms with Crippen LogP contribution in [0.15, 0.2) is 41.8 Å². The van der Waals surface area contributed by atoms with Gasteiger partial charge in [0.25, 0.3) is 10.0 Å². The molecule has 9 heteroatoms. The molecule has 0 bridgehead atoms. The number of nitrogens with one attached hydrogen (secondary N) is 1. The van der Waals surface area contributed by atoms with Gasteiger partial charge >= 0.3 is 0 Å². The molecule has 1 fully saturated rings. The van der Waals surface area contributed by atoms with Crippen LogP contribution in [0.25, 0.3) is 0 Å². The summed E-state index contributed by atoms with van der Waals surface area (Å²) >= 11 is 0. The Kier molecular flexibility index (Phi) is 6.35. The molecule has 0 unspecified atom stereocenters. The number of ether oxygens (including phenoxy) is 1. The first-order valence-corrected chi connectivity index (χ1v) is 10.7. The first-order valence-electron chi connectivity index (χ1n) is 9.30. The van der Waals surface area contributed by atoms with Gasteiger partial charge in [-0.15, -0.1) is 0 Å². The van der Waals surface area contributed by atoms with E-state index in [-0.39, 0.29) is 17.5 Å². The molecule has 0 aliphatic carbocycles. The number of methoxy groups -OCH3 is 1. The van der Waals surface area contributed by atoms with Gasteiger partial charge in [0.1, 0.15) is 12.3 Å². The van der Waals surface area contributed by atoms with Crippen molar-refractivity contribution >= 4 is 15.9 Å². The largest absolute Gasteiger partial charge is 0.497 e. The predicted octanol–water partition coefficient (Wildman–Crippen LogP) is 1.63. The lowest BCUT2D eigenvalue weighted by molar-refractivity contribution is -0.121. The van der Waals surface area contributed by atoms with Crippen LogP contribution >= 0.6 is 0 Å². The third kappa shape index (κ3) is 4.90. The average molecular weight is 407 g/mol. The zero-order valence-corrected chi connectivity index (χ0v) is 17.0. The zero-order chi connectivity index (χ0) is 20.1. The van der Waals surface area contributed by atoms with Gasteiger partial charge in [-0.1, -0.05) is 19.1 Å². The summed E-state index contributed by atoms with van der Waals surface area (Å²) in [5, 5.41) is 2.80. The number of sulfonamides is 1. The third-order valence-corrected chi connectivity index (χ3v) is 6.72. The summed E-state index contributed by atoms with van der Waals surface area (Å²) in [7, 11) is -2.01. The number of imidazole rings is 1. The summed E-state index contributed by atoms with van der Waals surface area (Å²) in [4.78, 5) is 16.2. The maximum Gasteiger partial charge on any atom is 0.262 e. The van der Waals surface area contributed by atoms with Crippen molar-refractivity contribution < 1.29 is 17.9 Å². The van der Waals surface area contributed by atoms with Crippen LogP contribution in [-0.4, -0.2) is 48.4 Å². The van der Waals surface area contributed by atoms with Crippen molar-refractivity contribution in [1.82, 2.24) is 19.2 Å². The number of hydrogen-bond acceptors (Lipinski definition) is 5. The summed E-state index contributed by atoms with van der Waals surface area (Å²) in [6, 6.07) is 7.41. The molecule has 1 saturated heterocycles. The Morgan fingerprint density at radius 1 is 1.25 bits per heavy atom. The highest BCUT2D eigenvalue weighted by Crippen LogP contribution is 2.22. The van der Waals surface area contributed by atoms with E-state index in [4.69, 9.17) is 4.74 Å². The number of hydrogen-bond donors (Lipinski definition) is 1. The molecule has 28 heavy (non-hydrogen) atoms. The quantitative estimate of drug-likeness (QED) is 0.754. The van der Waals surface area contributed by atoms with E-state index in [0.717, 1.165) is 24.2 Å². The lowest BCUT2D eigenvalue weighted by Gasteiger charge is -2.28. The van der Waals surface area contributed by atoms with Gasteiger partial charge in [-0.05, 0) is 36.5 Å². The highest BCUT2D eigenvalue weighted by molar-refractivity contribution is 7.89. The van der Waals surface area contributed by atoms with Crippen LogP contribution in [0.2, 0.25) is 0 Å². The molecular formula is C19H26N4O4S. The van der Waals surface area contributed by atoms with E-state index >= 15 is 0 Å². The minimum absolute atomic E-state index is 0.00925. The average Bonchev–Trinajstić information content (AvgIpc) is 3.16. The second-order valence-corrected chi connectivity index (χ2v) is 8.98. The number of amides is 1. The molecule has 2 aromatic rings. The van der Waals surface area contributed by atoms with Gasteiger partial charge in [0.05, 0.1) is 13.4 Å². The number of rotatable bonds is 7. The Bertz CT molecular complexity index is 900. The monoisotopic (exact) mass is 406 g/mol. The SMILES string of the molecule is COc1ccc(CNC(=O)Cn2cnc(S(=O)(=O)N3CCC(C)CC3)c2)cc1. The maximum absolute atomic E-state index is 12.7. The molecule has 0 saturated carbocycles. The molecule has 152 valence electrons. The van der Waals surface area contributed by atoms with Crippen molar-refractivity contribution in [2.45, 2.75) is 37.9 Å². The van der Waals surface area contributed by atoms with E-state index in [0.29, 0.717) is 25.6 Å². The van der Waals surface area contributed by atoms with Crippen LogP contribution in [0.3, 0.4) is 0 Å². The van der Waals surface area contributed by atoms with E-state index in [1.807, 2.05) is 24.3 Å². The summed E-state index contributed by atoms with van der Waals surface area (Å²) in [5.41, 5.74) is 0.947. The molecule has 1 aromatic carbocycles. The lowest BCUT2D eigenvalue weighted by Crippen LogP contribution is -2.38. The number of benzene rings is 1. The Hall–Kier alpha value is -2.39. The first-order chi connectivity index (χ1) is 13.4. The second kappa shape index (κ2) is 8.74. The summed E-state index contributed by atoms with van der Waals surface area (Å²) in [6.45, 7) is 3.55. The van der Waals surface area contributed by atoms with Crippen LogP contribution in [0, 0.1) is 5.92 Å². The molecule has 3 rings (SSSR count). The molecule has 2 heterocycles.